The molecule has 3 aromatic rings. The number of sulfonamides is 1. The van der Waals surface area contributed by atoms with Crippen LogP contribution in [0.5, 0.6) is 11.5 Å². The second-order valence-electron chi connectivity index (χ2n) is 14.8. The van der Waals surface area contributed by atoms with Crippen LogP contribution in [0.1, 0.15) is 103 Å². The van der Waals surface area contributed by atoms with Crippen LogP contribution >= 0.6 is 11.3 Å². The number of carbonyl (C=O) groups excluding carboxylic acids is 3. The zero-order valence-corrected chi connectivity index (χ0v) is 33.2. The lowest BCUT2D eigenvalue weighted by Gasteiger charge is -2.50. The van der Waals surface area contributed by atoms with Gasteiger partial charge in [-0.15, -0.1) is 11.3 Å². The summed E-state index contributed by atoms with van der Waals surface area (Å²) in [6.07, 6.45) is -5.05. The number of halogens is 6. The number of hydrogen-bond donors (Lipinski definition) is 1. The van der Waals surface area contributed by atoms with Gasteiger partial charge in [-0.3, -0.25) is 24.1 Å². The van der Waals surface area contributed by atoms with Crippen LogP contribution in [0.4, 0.5) is 26.3 Å². The van der Waals surface area contributed by atoms with Crippen molar-refractivity contribution in [3.63, 3.8) is 0 Å². The lowest BCUT2D eigenvalue weighted by molar-refractivity contribution is -0.160. The predicted molar refractivity (Wildman–Crippen MR) is 201 cm³/mol. The van der Waals surface area contributed by atoms with E-state index >= 15 is 0 Å². The Morgan fingerprint density at radius 3 is 2.38 bits per heavy atom. The normalized spacial score (nSPS) is 20.8. The van der Waals surface area contributed by atoms with Gasteiger partial charge in [-0.25, -0.2) is 8.42 Å². The Labute approximate surface area is 336 Å². The number of nitrogens with one attached hydrogen (secondary N) is 1. The van der Waals surface area contributed by atoms with E-state index in [1.54, 1.807) is 24.0 Å². The maximum Gasteiger partial charge on any atom is 0.425 e. The van der Waals surface area contributed by atoms with Crippen molar-refractivity contribution in [3.8, 4) is 11.5 Å². The molecular weight excluding hydrogens is 815 g/mol. The maximum absolute atomic E-state index is 14.9. The molecular formula is C39H44F6N4O7S2. The minimum Gasteiger partial charge on any atom is -0.493 e. The molecule has 2 aromatic heterocycles. The van der Waals surface area contributed by atoms with Gasteiger partial charge in [0.2, 0.25) is 21.5 Å². The predicted octanol–water partition coefficient (Wildman–Crippen LogP) is 7.58. The molecule has 1 saturated carbocycles. The van der Waals surface area contributed by atoms with Gasteiger partial charge < -0.3 is 19.3 Å². The number of para-hydroxylation sites is 1. The van der Waals surface area contributed by atoms with Crippen molar-refractivity contribution in [2.75, 3.05) is 26.2 Å². The monoisotopic (exact) mass is 858 g/mol. The van der Waals surface area contributed by atoms with Gasteiger partial charge in [-0.05, 0) is 68.6 Å². The van der Waals surface area contributed by atoms with Crippen molar-refractivity contribution >= 4 is 39.1 Å². The fraction of sp³-hybridized carbons (Fsp3) is 0.538. The summed E-state index contributed by atoms with van der Waals surface area (Å²) >= 11 is 0.382. The molecule has 58 heavy (non-hydrogen) atoms. The number of piperidine rings is 2. The van der Waals surface area contributed by atoms with Gasteiger partial charge in [-0.1, -0.05) is 31.5 Å². The van der Waals surface area contributed by atoms with E-state index in [1.165, 1.54) is 4.90 Å². The van der Waals surface area contributed by atoms with Crippen molar-refractivity contribution in [2.24, 2.45) is 0 Å². The zero-order valence-electron chi connectivity index (χ0n) is 31.6. The average Bonchev–Trinajstić information content (AvgIpc) is 3.95. The molecule has 3 amide bonds. The molecule has 0 bridgehead atoms. The lowest BCUT2D eigenvalue weighted by atomic mass is 9.79. The van der Waals surface area contributed by atoms with E-state index in [0.717, 1.165) is 29.4 Å². The van der Waals surface area contributed by atoms with E-state index in [9.17, 15) is 49.1 Å². The van der Waals surface area contributed by atoms with E-state index in [1.807, 2.05) is 12.1 Å². The number of aromatic nitrogens is 1. The summed E-state index contributed by atoms with van der Waals surface area (Å²) in [5.41, 5.74) is -2.97. The molecule has 2 unspecified atom stereocenters. The average molecular weight is 859 g/mol. The first-order valence-electron chi connectivity index (χ1n) is 19.2. The van der Waals surface area contributed by atoms with Crippen LogP contribution < -0.4 is 14.2 Å². The summed E-state index contributed by atoms with van der Waals surface area (Å²) in [6, 6.07) is 7.64. The Balaban J connectivity index is 1.21. The quantitative estimate of drug-likeness (QED) is 0.130. The zero-order chi connectivity index (χ0) is 41.9. The van der Waals surface area contributed by atoms with Crippen molar-refractivity contribution < 1.29 is 58.6 Å². The summed E-state index contributed by atoms with van der Waals surface area (Å²) in [6.45, 7) is 2.28. The number of hydrogen-bond acceptors (Lipinski definition) is 9. The Morgan fingerprint density at radius 1 is 1.00 bits per heavy atom. The van der Waals surface area contributed by atoms with Crippen LogP contribution in [0.25, 0.3) is 0 Å². The summed E-state index contributed by atoms with van der Waals surface area (Å²) in [7, 11) is -3.64. The highest BCUT2D eigenvalue weighted by molar-refractivity contribution is 7.90. The smallest absolute Gasteiger partial charge is 0.425 e. The third kappa shape index (κ3) is 9.72. The number of thiophene rings is 1. The van der Waals surface area contributed by atoms with Crippen LogP contribution in [0, 0.1) is 0 Å². The third-order valence-electron chi connectivity index (χ3n) is 10.7. The number of ether oxygens (including phenoxy) is 2. The van der Waals surface area contributed by atoms with Crippen LogP contribution in [0.2, 0.25) is 0 Å². The molecule has 2 aliphatic heterocycles. The topological polar surface area (TPSA) is 135 Å². The van der Waals surface area contributed by atoms with Gasteiger partial charge >= 0.3 is 12.4 Å². The molecule has 3 fully saturated rings. The fourth-order valence-corrected chi connectivity index (χ4v) is 9.82. The standard InChI is InChI=1S/C39H44F6N4O7S2/c1-2-7-32-37(56-26-22-33(57-24-26)39(43,44)45,16-6-18-49(32)35(51)29-23-46-17-13-30(29)38(40,41)42)36(52)48-19-14-25(15-20-48)28-8-3-4-9-31(28)55-21-5-10-34(50)47-58(53,54)27-11-12-27/h3-4,8-9,13,17,22-25,27,32H,2,5-7,10-12,14-16,18-21H2,1H3,(H,47,50). The van der Waals surface area contributed by atoms with E-state index in [2.05, 4.69) is 9.71 Å². The van der Waals surface area contributed by atoms with Crippen molar-refractivity contribution in [1.29, 1.82) is 0 Å². The van der Waals surface area contributed by atoms with E-state index in [4.69, 9.17) is 9.47 Å². The molecule has 316 valence electrons. The Morgan fingerprint density at radius 2 is 1.72 bits per heavy atom. The second kappa shape index (κ2) is 17.5. The molecule has 1 aromatic carbocycles. The lowest BCUT2D eigenvalue weighted by Crippen LogP contribution is -2.68. The number of benzene rings is 1. The van der Waals surface area contributed by atoms with Crippen LogP contribution in [0.15, 0.2) is 54.2 Å². The highest BCUT2D eigenvalue weighted by Gasteiger charge is 2.56. The molecule has 0 spiro atoms. The van der Waals surface area contributed by atoms with Gasteiger partial charge in [0.15, 0.2) is 0 Å². The first kappa shape index (κ1) is 43.2. The summed E-state index contributed by atoms with van der Waals surface area (Å²) in [4.78, 5) is 46.7. The van der Waals surface area contributed by atoms with Gasteiger partial charge in [0.1, 0.15) is 16.4 Å². The Hall–Kier alpha value is -4.39. The number of amides is 3. The van der Waals surface area contributed by atoms with Crippen molar-refractivity contribution in [1.82, 2.24) is 19.5 Å². The highest BCUT2D eigenvalue weighted by atomic mass is 32.2. The van der Waals surface area contributed by atoms with Gasteiger partial charge in [0.25, 0.3) is 11.8 Å². The molecule has 6 rings (SSSR count). The molecule has 2 atom stereocenters. The molecule has 19 heteroatoms. The van der Waals surface area contributed by atoms with Crippen LogP contribution in [0.3, 0.4) is 0 Å². The number of pyridine rings is 1. The number of alkyl halides is 6. The van der Waals surface area contributed by atoms with Crippen molar-refractivity contribution in [2.45, 2.75) is 106 Å². The SMILES string of the molecule is CCCC1N(C(=O)c2cnccc2C(F)(F)F)CCCC1(Oc1csc(C(F)(F)F)c1)C(=O)N1CCC(c2ccccc2OCCCC(=O)NS(=O)(=O)C2CC2)CC1. The van der Waals surface area contributed by atoms with Gasteiger partial charge in [0.05, 0.1) is 29.0 Å². The molecule has 4 heterocycles. The molecule has 0 radical (unpaired) electrons. The molecule has 1 aliphatic carbocycles. The fourth-order valence-electron chi connectivity index (χ4n) is 7.80. The van der Waals surface area contributed by atoms with E-state index in [-0.39, 0.29) is 70.0 Å². The summed E-state index contributed by atoms with van der Waals surface area (Å²) in [5.74, 6) is -1.94. The summed E-state index contributed by atoms with van der Waals surface area (Å²) < 4.78 is 122. The molecule has 2 saturated heterocycles. The first-order valence-corrected chi connectivity index (χ1v) is 21.6. The molecule has 3 aliphatic rings. The van der Waals surface area contributed by atoms with Gasteiger partial charge in [0, 0.05) is 56.3 Å². The number of carbonyl (C=O) groups is 3. The third-order valence-corrected chi connectivity index (χ3v) is 13.5. The number of nitrogens with zero attached hydrogens (tertiary/aromatic N) is 3. The second-order valence-corrected chi connectivity index (χ2v) is 17.7. The number of rotatable bonds is 14. The Kier molecular flexibility index (Phi) is 13.0. The molecule has 1 N–H and O–H groups in total. The summed E-state index contributed by atoms with van der Waals surface area (Å²) in [5, 5.41) is 0.620. The van der Waals surface area contributed by atoms with Crippen molar-refractivity contribution in [3.05, 3.63) is 75.7 Å². The number of likely N-dealkylation sites (tertiary alicyclic amines) is 2. The van der Waals surface area contributed by atoms with Crippen LogP contribution in [-0.4, -0.2) is 84.1 Å². The minimum absolute atomic E-state index is 0.00220. The Bertz CT molecular complexity index is 2070. The van der Waals surface area contributed by atoms with Crippen LogP contribution in [-0.2, 0) is 32.0 Å². The minimum atomic E-state index is -4.89. The maximum atomic E-state index is 14.9. The van der Waals surface area contributed by atoms with E-state index in [0.29, 0.717) is 55.3 Å². The first-order chi connectivity index (χ1) is 27.4. The molecule has 11 nitrogen and oxygen atoms in total. The largest absolute Gasteiger partial charge is 0.493 e. The van der Waals surface area contributed by atoms with Gasteiger partial charge in [-0.2, -0.15) is 26.3 Å². The highest BCUT2D eigenvalue weighted by Crippen LogP contribution is 2.44. The van der Waals surface area contributed by atoms with E-state index < -0.39 is 73.0 Å².